The van der Waals surface area contributed by atoms with Crippen molar-refractivity contribution in [1.29, 1.82) is 0 Å². The van der Waals surface area contributed by atoms with Crippen LogP contribution in [0.5, 0.6) is 0 Å². The molecular formula is C22H30N4O. The van der Waals surface area contributed by atoms with Crippen molar-refractivity contribution < 1.29 is 5.11 Å². The largest absolute Gasteiger partial charge is 0.396 e. The predicted molar refractivity (Wildman–Crippen MR) is 111 cm³/mol. The molecule has 0 spiro atoms. The molecule has 2 aromatic heterocycles. The van der Waals surface area contributed by atoms with Crippen LogP contribution >= 0.6 is 0 Å². The van der Waals surface area contributed by atoms with E-state index in [1.807, 2.05) is 0 Å². The first kappa shape index (κ1) is 18.1. The van der Waals surface area contributed by atoms with Crippen LogP contribution < -0.4 is 4.90 Å². The fourth-order valence-electron chi connectivity index (χ4n) is 4.18. The van der Waals surface area contributed by atoms with Crippen molar-refractivity contribution in [2.75, 3.05) is 25.1 Å². The number of H-pyrrole nitrogens is 2. The molecule has 0 bridgehead atoms. The molecule has 2 heterocycles. The number of nitrogens with zero attached hydrogens (tertiary/aromatic N) is 2. The number of hydrogen-bond acceptors (Lipinski definition) is 3. The van der Waals surface area contributed by atoms with E-state index in [-0.39, 0.29) is 12.5 Å². The lowest BCUT2D eigenvalue weighted by Gasteiger charge is -2.28. The number of benzene rings is 1. The molecule has 0 amide bonds. The zero-order chi connectivity index (χ0) is 19.2. The SMILES string of the molecule is CC(CO)CN(C)c1ccc2cc(-c3n[nH]c4c3CCC(C)(C)C4)[nH]c2c1. The molecular weight excluding hydrogens is 336 g/mol. The Bertz CT molecular complexity index is 953. The number of nitrogens with one attached hydrogen (secondary N) is 2. The summed E-state index contributed by atoms with van der Waals surface area (Å²) in [4.78, 5) is 5.77. The van der Waals surface area contributed by atoms with Gasteiger partial charge in [-0.15, -0.1) is 0 Å². The maximum atomic E-state index is 9.30. The third-order valence-electron chi connectivity index (χ3n) is 5.86. The second-order valence-corrected chi connectivity index (χ2v) is 8.99. The van der Waals surface area contributed by atoms with Gasteiger partial charge in [0.25, 0.3) is 0 Å². The highest BCUT2D eigenvalue weighted by molar-refractivity contribution is 5.88. The van der Waals surface area contributed by atoms with Crippen LogP contribution in [0.1, 0.15) is 38.4 Å². The summed E-state index contributed by atoms with van der Waals surface area (Å²) in [6, 6.07) is 8.69. The molecule has 0 aliphatic heterocycles. The number of aromatic amines is 2. The number of fused-ring (bicyclic) bond motifs is 2. The van der Waals surface area contributed by atoms with E-state index in [4.69, 9.17) is 0 Å². The smallest absolute Gasteiger partial charge is 0.112 e. The van der Waals surface area contributed by atoms with Crippen molar-refractivity contribution in [3.05, 3.63) is 35.5 Å². The van der Waals surface area contributed by atoms with Gasteiger partial charge in [-0.05, 0) is 48.8 Å². The maximum Gasteiger partial charge on any atom is 0.112 e. The summed E-state index contributed by atoms with van der Waals surface area (Å²) in [5, 5.41) is 18.4. The Balaban J connectivity index is 1.64. The second-order valence-electron chi connectivity index (χ2n) is 8.99. The van der Waals surface area contributed by atoms with Crippen LogP contribution in [0.15, 0.2) is 24.3 Å². The minimum atomic E-state index is 0.209. The highest BCUT2D eigenvalue weighted by Crippen LogP contribution is 2.38. The number of rotatable bonds is 5. The molecule has 1 unspecified atom stereocenters. The highest BCUT2D eigenvalue weighted by Gasteiger charge is 2.29. The molecule has 27 heavy (non-hydrogen) atoms. The lowest BCUT2D eigenvalue weighted by Crippen LogP contribution is -2.25. The fourth-order valence-corrected chi connectivity index (χ4v) is 4.18. The van der Waals surface area contributed by atoms with Gasteiger partial charge in [0.2, 0.25) is 0 Å². The van der Waals surface area contributed by atoms with Gasteiger partial charge in [-0.3, -0.25) is 5.10 Å². The normalized spacial score (nSPS) is 17.1. The van der Waals surface area contributed by atoms with Gasteiger partial charge >= 0.3 is 0 Å². The van der Waals surface area contributed by atoms with Crippen molar-refractivity contribution in [3.8, 4) is 11.4 Å². The molecule has 3 aromatic rings. The molecule has 1 aliphatic rings. The van der Waals surface area contributed by atoms with Crippen LogP contribution in [-0.4, -0.2) is 40.5 Å². The summed E-state index contributed by atoms with van der Waals surface area (Å²) in [5.41, 5.74) is 7.45. The first-order chi connectivity index (χ1) is 12.9. The van der Waals surface area contributed by atoms with Gasteiger partial charge in [0.1, 0.15) is 5.69 Å². The zero-order valence-electron chi connectivity index (χ0n) is 16.8. The summed E-state index contributed by atoms with van der Waals surface area (Å²) >= 11 is 0. The molecule has 4 rings (SSSR count). The quantitative estimate of drug-likeness (QED) is 0.636. The highest BCUT2D eigenvalue weighted by atomic mass is 16.3. The first-order valence-corrected chi connectivity index (χ1v) is 9.87. The molecule has 3 N–H and O–H groups in total. The van der Waals surface area contributed by atoms with Crippen molar-refractivity contribution in [2.45, 2.75) is 40.0 Å². The Labute approximate surface area is 160 Å². The van der Waals surface area contributed by atoms with Gasteiger partial charge in [0, 0.05) is 48.0 Å². The van der Waals surface area contributed by atoms with Crippen molar-refractivity contribution in [3.63, 3.8) is 0 Å². The van der Waals surface area contributed by atoms with Crippen LogP contribution in [0.2, 0.25) is 0 Å². The summed E-state index contributed by atoms with van der Waals surface area (Å²) in [6.07, 6.45) is 3.34. The van der Waals surface area contributed by atoms with Crippen molar-refractivity contribution in [1.82, 2.24) is 15.2 Å². The predicted octanol–water partition coefficient (Wildman–Crippen LogP) is 4.14. The second kappa shape index (κ2) is 6.71. The third-order valence-corrected chi connectivity index (χ3v) is 5.86. The average Bonchev–Trinajstić information content (AvgIpc) is 3.22. The molecule has 5 heteroatoms. The van der Waals surface area contributed by atoms with E-state index in [1.54, 1.807) is 0 Å². The Morgan fingerprint density at radius 2 is 2.11 bits per heavy atom. The maximum absolute atomic E-state index is 9.30. The monoisotopic (exact) mass is 366 g/mol. The summed E-state index contributed by atoms with van der Waals surface area (Å²) < 4.78 is 0. The van der Waals surface area contributed by atoms with Gasteiger partial charge < -0.3 is 15.0 Å². The zero-order valence-corrected chi connectivity index (χ0v) is 16.8. The van der Waals surface area contributed by atoms with E-state index in [0.29, 0.717) is 5.41 Å². The van der Waals surface area contributed by atoms with Gasteiger partial charge in [0.15, 0.2) is 0 Å². The van der Waals surface area contributed by atoms with Gasteiger partial charge in [-0.25, -0.2) is 0 Å². The molecule has 0 saturated carbocycles. The van der Waals surface area contributed by atoms with Crippen LogP contribution in [0.4, 0.5) is 5.69 Å². The van der Waals surface area contributed by atoms with E-state index in [0.717, 1.165) is 42.0 Å². The van der Waals surface area contributed by atoms with E-state index >= 15 is 0 Å². The van der Waals surface area contributed by atoms with Gasteiger partial charge in [-0.1, -0.05) is 26.8 Å². The lowest BCUT2D eigenvalue weighted by molar-refractivity contribution is 0.240. The van der Waals surface area contributed by atoms with Gasteiger partial charge in [0.05, 0.1) is 5.69 Å². The molecule has 0 saturated heterocycles. The lowest BCUT2D eigenvalue weighted by atomic mass is 9.76. The summed E-state index contributed by atoms with van der Waals surface area (Å²) in [7, 11) is 2.07. The first-order valence-electron chi connectivity index (χ1n) is 9.87. The van der Waals surface area contributed by atoms with Crippen molar-refractivity contribution in [2.24, 2.45) is 11.3 Å². The van der Waals surface area contributed by atoms with Crippen LogP contribution in [0.3, 0.4) is 0 Å². The Kier molecular flexibility index (Phi) is 4.50. The number of aliphatic hydroxyl groups is 1. The Hall–Kier alpha value is -2.27. The van der Waals surface area contributed by atoms with Gasteiger partial charge in [-0.2, -0.15) is 5.10 Å². The van der Waals surface area contributed by atoms with E-state index in [2.05, 4.69) is 72.2 Å². The molecule has 0 fully saturated rings. The van der Waals surface area contributed by atoms with Crippen LogP contribution in [0.25, 0.3) is 22.3 Å². The summed E-state index contributed by atoms with van der Waals surface area (Å²) in [6.45, 7) is 7.76. The number of aromatic nitrogens is 3. The molecule has 0 radical (unpaired) electrons. The summed E-state index contributed by atoms with van der Waals surface area (Å²) in [5.74, 6) is 0.254. The van der Waals surface area contributed by atoms with Crippen molar-refractivity contribution >= 4 is 16.6 Å². The molecule has 1 atom stereocenters. The standard InChI is InChI=1S/C22H30N4O/c1-14(13-27)12-26(4)16-6-5-15-9-19(23-18(15)10-16)21-17-7-8-22(2,3)11-20(17)24-25-21/h5-6,9-10,14,23,27H,7-8,11-13H2,1-4H3,(H,24,25). The Morgan fingerprint density at radius 3 is 2.89 bits per heavy atom. The Morgan fingerprint density at radius 1 is 1.30 bits per heavy atom. The van der Waals surface area contributed by atoms with Crippen LogP contribution in [0, 0.1) is 11.3 Å². The minimum Gasteiger partial charge on any atom is -0.396 e. The third kappa shape index (κ3) is 3.48. The molecule has 5 nitrogen and oxygen atoms in total. The van der Waals surface area contributed by atoms with E-state index in [9.17, 15) is 5.11 Å². The van der Waals surface area contributed by atoms with E-state index in [1.165, 1.54) is 23.1 Å². The van der Waals surface area contributed by atoms with Crippen LogP contribution in [-0.2, 0) is 12.8 Å². The average molecular weight is 367 g/mol. The number of aliphatic hydroxyl groups excluding tert-OH is 1. The molecule has 144 valence electrons. The fraction of sp³-hybridized carbons (Fsp3) is 0.500. The topological polar surface area (TPSA) is 67.9 Å². The molecule has 1 aliphatic carbocycles. The minimum absolute atomic E-state index is 0.209. The molecule has 1 aromatic carbocycles. The number of hydrogen-bond donors (Lipinski definition) is 3. The van der Waals surface area contributed by atoms with E-state index < -0.39 is 0 Å². The number of anilines is 1.